The molecule has 1 N–H and O–H groups in total. The van der Waals surface area contributed by atoms with Crippen molar-refractivity contribution < 1.29 is 37.1 Å². The molecule has 0 amide bonds. The van der Waals surface area contributed by atoms with E-state index in [9.17, 15) is 5.11 Å². The zero-order valence-corrected chi connectivity index (χ0v) is 34.2. The minimum absolute atomic E-state index is 0. The van der Waals surface area contributed by atoms with Gasteiger partial charge in [0.25, 0.3) is 0 Å². The molecule has 2 aromatic heterocycles. The Hall–Kier alpha value is -6.35. The van der Waals surface area contributed by atoms with Crippen molar-refractivity contribution in [2.75, 3.05) is 0 Å². The molecule has 0 radical (unpaired) electrons. The van der Waals surface area contributed by atoms with Crippen LogP contribution in [0.2, 0.25) is 0 Å². The topological polar surface area (TPSA) is 50.9 Å². The number of phenolic OH excluding ortho intramolecular Hbond substituents is 1. The second kappa shape index (κ2) is 15.9. The number of hydrogen-bond acceptors (Lipinski definition) is 3. The molecule has 0 bridgehead atoms. The summed E-state index contributed by atoms with van der Waals surface area (Å²) in [6.07, 6.45) is 1.56. The third-order valence-electron chi connectivity index (χ3n) is 10.2. The van der Waals surface area contributed by atoms with E-state index in [-0.39, 0.29) is 55.4 Å². The summed E-state index contributed by atoms with van der Waals surface area (Å²) in [6.45, 7) is 3.87. The van der Waals surface area contributed by atoms with Gasteiger partial charge in [-0.3, -0.25) is 9.55 Å². The van der Waals surface area contributed by atoms with Gasteiger partial charge in [-0.05, 0) is 82.0 Å². The number of aromatic nitrogens is 3. The largest absolute Gasteiger partial charge is 0.507 e. The number of nitrogens with zero attached hydrogens (tertiary/aromatic N) is 3. The molecule has 0 aliphatic rings. The molecule has 7 aromatic carbocycles. The van der Waals surface area contributed by atoms with Crippen molar-refractivity contribution in [1.29, 1.82) is 0 Å². The van der Waals surface area contributed by atoms with Gasteiger partial charge >= 0.3 is 0 Å². The molecule has 0 aliphatic carbocycles. The molecule has 9 rings (SSSR count). The predicted octanol–water partition coefficient (Wildman–Crippen LogP) is 13.5. The van der Waals surface area contributed by atoms with E-state index in [1.54, 1.807) is 36.5 Å². The quantitative estimate of drug-likeness (QED) is 0.162. The molecule has 2 heterocycles. The second-order valence-electron chi connectivity index (χ2n) is 15.0. The molecular formula is C53H42N3OPt-. The maximum absolute atomic E-state index is 11.5. The van der Waals surface area contributed by atoms with E-state index in [1.807, 2.05) is 108 Å². The number of rotatable bonds is 7. The van der Waals surface area contributed by atoms with Gasteiger partial charge in [0.2, 0.25) is 0 Å². The van der Waals surface area contributed by atoms with Crippen LogP contribution in [0.3, 0.4) is 0 Å². The number of aryl methyl sites for hydroxylation is 1. The smallest absolute Gasteiger partial charge is 0.148 e. The first kappa shape index (κ1) is 29.8. The van der Waals surface area contributed by atoms with Gasteiger partial charge in [0, 0.05) is 42.6 Å². The van der Waals surface area contributed by atoms with Gasteiger partial charge in [-0.1, -0.05) is 153 Å². The molecule has 0 spiro atoms. The summed E-state index contributed by atoms with van der Waals surface area (Å²) in [4.78, 5) is 10.1. The van der Waals surface area contributed by atoms with Gasteiger partial charge < -0.3 is 5.11 Å². The average Bonchev–Trinajstić information content (AvgIpc) is 3.69. The average molecular weight is 940 g/mol. The number of benzene rings is 7. The van der Waals surface area contributed by atoms with Crippen LogP contribution in [0.1, 0.15) is 42.9 Å². The molecule has 0 fully saturated rings. The van der Waals surface area contributed by atoms with Crippen LogP contribution in [0.25, 0.3) is 83.9 Å². The Balaban J connectivity index is 0.00000592. The van der Waals surface area contributed by atoms with E-state index in [4.69, 9.17) is 20.9 Å². The van der Waals surface area contributed by atoms with Crippen LogP contribution in [0.4, 0.5) is 0 Å². The van der Waals surface area contributed by atoms with Gasteiger partial charge in [0.1, 0.15) is 11.6 Å². The summed E-state index contributed by atoms with van der Waals surface area (Å²) in [6, 6.07) is 44.8. The maximum Gasteiger partial charge on any atom is 0.148 e. The van der Waals surface area contributed by atoms with E-state index >= 15 is 0 Å². The molecular weight excluding hydrogens is 890 g/mol. The minimum atomic E-state index is -2.45. The van der Waals surface area contributed by atoms with Gasteiger partial charge in [-0.25, -0.2) is 4.98 Å². The monoisotopic (exact) mass is 939 g/mol. The van der Waals surface area contributed by atoms with Crippen LogP contribution in [-0.2, 0) is 26.5 Å². The molecule has 58 heavy (non-hydrogen) atoms. The number of phenols is 1. The molecule has 0 saturated carbocycles. The van der Waals surface area contributed by atoms with E-state index in [0.29, 0.717) is 61.6 Å². The van der Waals surface area contributed by atoms with Crippen molar-refractivity contribution >= 4 is 11.0 Å². The molecule has 4 nitrogen and oxygen atoms in total. The number of imidazole rings is 1. The SMILES string of the molecule is [2H]c1c([2H])c([2H])c(-c2ccnc(-c3[c-]c(-c4cccc5c4nc(-c4ccccc4O)n5-c4cc(-c5ccccc5)c(C([2H])([2H])[2H])cc4-c4ccccc4)cc(C(C)(C)C)c3)c2)c([2H])c1[2H].[Pt]. The Morgan fingerprint density at radius 3 is 2.02 bits per heavy atom. The fraction of sp³-hybridized carbons (Fsp3) is 0.0943. The molecule has 0 unspecified atom stereocenters. The fourth-order valence-corrected chi connectivity index (χ4v) is 7.30. The zero-order valence-electron chi connectivity index (χ0n) is 40.0. The second-order valence-corrected chi connectivity index (χ2v) is 15.0. The van der Waals surface area contributed by atoms with Crippen LogP contribution in [0, 0.1) is 12.9 Å². The summed E-state index contributed by atoms with van der Waals surface area (Å²) in [5, 5.41) is 11.5. The van der Waals surface area contributed by atoms with Crippen molar-refractivity contribution in [3.05, 3.63) is 193 Å². The molecule has 9 aromatic rings. The van der Waals surface area contributed by atoms with Gasteiger partial charge in [-0.15, -0.1) is 29.3 Å². The van der Waals surface area contributed by atoms with Crippen LogP contribution in [0.5, 0.6) is 5.75 Å². The number of para-hydroxylation sites is 2. The first-order valence-electron chi connectivity index (χ1n) is 22.7. The van der Waals surface area contributed by atoms with Crippen LogP contribution >= 0.6 is 0 Å². The Morgan fingerprint density at radius 2 is 1.31 bits per heavy atom. The Bertz CT molecular complexity index is 3280. The standard InChI is InChI=1S/C53H42N3O.Pt/c1-35-29-46(38-21-12-7-13-22-38)49(34-45(35)37-19-10-6-11-20-37)56-48-25-16-24-43(51(48)55-52(56)44-23-14-15-26-50(44)57)40-30-41(32-42(31-40)53(2,3)4)47-33-39(27-28-54-47)36-17-8-5-9-18-36;/h5-29,31-34,57H,1-4H3;/q-1;/i1D3,5D,8D,9D,17D,18D;. The fourth-order valence-electron chi connectivity index (χ4n) is 7.30. The molecule has 0 saturated heterocycles. The third kappa shape index (κ3) is 7.33. The predicted molar refractivity (Wildman–Crippen MR) is 235 cm³/mol. The van der Waals surface area contributed by atoms with E-state index < -0.39 is 25.0 Å². The summed E-state index contributed by atoms with van der Waals surface area (Å²) >= 11 is 0. The number of fused-ring (bicyclic) bond motifs is 1. The van der Waals surface area contributed by atoms with E-state index in [0.717, 1.165) is 22.3 Å². The third-order valence-corrected chi connectivity index (χ3v) is 10.2. The van der Waals surface area contributed by atoms with Crippen molar-refractivity contribution in [3.63, 3.8) is 0 Å². The number of pyridine rings is 1. The zero-order chi connectivity index (χ0) is 45.9. The summed E-state index contributed by atoms with van der Waals surface area (Å²) in [5.74, 6) is 0.450. The molecule has 5 heteroatoms. The van der Waals surface area contributed by atoms with Crippen molar-refractivity contribution in [2.24, 2.45) is 0 Å². The Kier molecular flexibility index (Phi) is 8.17. The van der Waals surface area contributed by atoms with Gasteiger partial charge in [0.05, 0.1) is 29.1 Å². The van der Waals surface area contributed by atoms with Gasteiger partial charge in [-0.2, -0.15) is 0 Å². The van der Waals surface area contributed by atoms with Crippen LogP contribution in [-0.4, -0.2) is 19.6 Å². The van der Waals surface area contributed by atoms with E-state index in [2.05, 4.69) is 32.9 Å². The van der Waals surface area contributed by atoms with Gasteiger partial charge in [0.15, 0.2) is 0 Å². The maximum atomic E-state index is 11.5. The van der Waals surface area contributed by atoms with E-state index in [1.165, 1.54) is 0 Å². The summed E-state index contributed by atoms with van der Waals surface area (Å²) < 4.78 is 70.1. The number of hydrogen-bond donors (Lipinski definition) is 1. The molecule has 0 atom stereocenters. The Morgan fingerprint density at radius 1 is 0.638 bits per heavy atom. The van der Waals surface area contributed by atoms with Crippen molar-refractivity contribution in [2.45, 2.75) is 33.0 Å². The Labute approximate surface area is 366 Å². The summed E-state index contributed by atoms with van der Waals surface area (Å²) in [7, 11) is 0. The van der Waals surface area contributed by atoms with Crippen LogP contribution in [0.15, 0.2) is 176 Å². The first-order valence-corrected chi connectivity index (χ1v) is 18.7. The minimum Gasteiger partial charge on any atom is -0.507 e. The number of aromatic hydroxyl groups is 1. The molecule has 286 valence electrons. The van der Waals surface area contributed by atoms with Crippen LogP contribution < -0.4 is 0 Å². The van der Waals surface area contributed by atoms with Crippen molar-refractivity contribution in [3.8, 4) is 78.6 Å². The normalized spacial score (nSPS) is 13.6. The van der Waals surface area contributed by atoms with Crippen molar-refractivity contribution in [1.82, 2.24) is 14.5 Å². The molecule has 0 aliphatic heterocycles. The summed E-state index contributed by atoms with van der Waals surface area (Å²) in [5.41, 5.74) is 9.00. The first-order chi connectivity index (χ1) is 31.0.